The average Bonchev–Trinajstić information content (AvgIpc) is 2.61. The Labute approximate surface area is 131 Å². The Balaban J connectivity index is 1.69. The van der Waals surface area contributed by atoms with Gasteiger partial charge in [0.05, 0.1) is 23.5 Å². The lowest BCUT2D eigenvalue weighted by Gasteiger charge is -2.25. The molecule has 1 unspecified atom stereocenters. The second kappa shape index (κ2) is 7.59. The van der Waals surface area contributed by atoms with E-state index in [0.717, 1.165) is 24.2 Å². The average molecular weight is 292 g/mol. The molecule has 2 aromatic rings. The fourth-order valence-electron chi connectivity index (χ4n) is 2.69. The molecule has 0 aromatic carbocycles. The topological polar surface area (TPSA) is 50.5 Å². The first-order valence-electron chi connectivity index (χ1n) is 7.80. The zero-order valence-electron chi connectivity index (χ0n) is 12.5. The van der Waals surface area contributed by atoms with Gasteiger partial charge in [-0.25, -0.2) is 0 Å². The number of hydrogen-bond acceptors (Lipinski definition) is 4. The van der Waals surface area contributed by atoms with Crippen LogP contribution in [0.25, 0.3) is 0 Å². The van der Waals surface area contributed by atoms with E-state index in [1.165, 1.54) is 12.8 Å². The first-order chi connectivity index (χ1) is 10.9. The van der Waals surface area contributed by atoms with Crippen LogP contribution in [0.1, 0.15) is 37.1 Å². The molecule has 0 radical (unpaired) electrons. The molecular formula is C18H20N4. The molecule has 1 aliphatic rings. The summed E-state index contributed by atoms with van der Waals surface area (Å²) < 4.78 is 0. The molecule has 2 aromatic heterocycles. The van der Waals surface area contributed by atoms with Crippen LogP contribution < -0.4 is 0 Å². The van der Waals surface area contributed by atoms with Gasteiger partial charge in [-0.3, -0.25) is 20.0 Å². The van der Waals surface area contributed by atoms with Crippen molar-refractivity contribution in [1.29, 1.82) is 0 Å². The predicted molar refractivity (Wildman–Crippen MR) is 89.7 cm³/mol. The summed E-state index contributed by atoms with van der Waals surface area (Å²) in [5.74, 6) is 0. The number of aliphatic imine (C=N–C) groups is 2. The maximum atomic E-state index is 4.73. The molecule has 2 atom stereocenters. The molecule has 4 nitrogen and oxygen atoms in total. The van der Waals surface area contributed by atoms with Gasteiger partial charge in [-0.05, 0) is 37.1 Å². The van der Waals surface area contributed by atoms with E-state index < -0.39 is 0 Å². The predicted octanol–water partition coefficient (Wildman–Crippen LogP) is 3.33. The van der Waals surface area contributed by atoms with Crippen LogP contribution in [0.5, 0.6) is 0 Å². The normalized spacial score (nSPS) is 22.4. The van der Waals surface area contributed by atoms with Gasteiger partial charge in [-0.1, -0.05) is 25.0 Å². The van der Waals surface area contributed by atoms with Crippen LogP contribution in [0.2, 0.25) is 0 Å². The minimum absolute atomic E-state index is 0.246. The van der Waals surface area contributed by atoms with Crippen molar-refractivity contribution in [1.82, 2.24) is 9.97 Å². The Hall–Kier alpha value is -2.36. The second-order valence-electron chi connectivity index (χ2n) is 5.48. The highest BCUT2D eigenvalue weighted by atomic mass is 14.9. The van der Waals surface area contributed by atoms with Crippen LogP contribution in [0.15, 0.2) is 58.8 Å². The quantitative estimate of drug-likeness (QED) is 0.812. The van der Waals surface area contributed by atoms with E-state index >= 15 is 0 Å². The van der Waals surface area contributed by atoms with Crippen molar-refractivity contribution in [2.24, 2.45) is 9.98 Å². The Bertz CT molecular complexity index is 565. The summed E-state index contributed by atoms with van der Waals surface area (Å²) in [6.45, 7) is 0. The van der Waals surface area contributed by atoms with Crippen LogP contribution in [0, 0.1) is 0 Å². The fourth-order valence-corrected chi connectivity index (χ4v) is 2.69. The summed E-state index contributed by atoms with van der Waals surface area (Å²) in [6, 6.07) is 12.2. The third kappa shape index (κ3) is 4.07. The monoisotopic (exact) mass is 292 g/mol. The molecule has 3 rings (SSSR count). The van der Waals surface area contributed by atoms with Gasteiger partial charge in [0.2, 0.25) is 0 Å². The van der Waals surface area contributed by atoms with E-state index in [0.29, 0.717) is 0 Å². The Morgan fingerprint density at radius 2 is 1.27 bits per heavy atom. The van der Waals surface area contributed by atoms with E-state index in [1.54, 1.807) is 12.4 Å². The van der Waals surface area contributed by atoms with Gasteiger partial charge in [0.1, 0.15) is 0 Å². The van der Waals surface area contributed by atoms with Crippen molar-refractivity contribution in [2.75, 3.05) is 0 Å². The molecular weight excluding hydrogens is 272 g/mol. The van der Waals surface area contributed by atoms with Gasteiger partial charge in [0.15, 0.2) is 0 Å². The van der Waals surface area contributed by atoms with Gasteiger partial charge in [0.25, 0.3) is 0 Å². The third-order valence-corrected chi connectivity index (χ3v) is 3.87. The standard InChI is InChI=1S/C18H20N4/c1-2-10-18(22-14-16-8-4-6-12-20-16)17(9-1)21-13-15-7-3-5-11-19-15/h3-8,11-14,17-18H,1-2,9-10H2/t17-,18?/m0/s1. The van der Waals surface area contributed by atoms with Crippen molar-refractivity contribution in [2.45, 2.75) is 37.8 Å². The maximum absolute atomic E-state index is 4.73. The Kier molecular flexibility index (Phi) is 5.03. The SMILES string of the molecule is C(=NC1CCCC[C@@H]1N=Cc1ccccn1)c1ccccn1. The molecule has 0 spiro atoms. The molecule has 0 amide bonds. The molecule has 0 bridgehead atoms. The molecule has 0 saturated heterocycles. The van der Waals surface area contributed by atoms with Gasteiger partial charge in [0, 0.05) is 24.8 Å². The summed E-state index contributed by atoms with van der Waals surface area (Å²) in [4.78, 5) is 18.0. The molecule has 0 aliphatic heterocycles. The summed E-state index contributed by atoms with van der Waals surface area (Å²) in [5, 5.41) is 0. The molecule has 1 aliphatic carbocycles. The van der Waals surface area contributed by atoms with Crippen molar-refractivity contribution in [3.63, 3.8) is 0 Å². The zero-order valence-corrected chi connectivity index (χ0v) is 12.5. The molecule has 0 N–H and O–H groups in total. The number of pyridine rings is 2. The van der Waals surface area contributed by atoms with E-state index in [4.69, 9.17) is 9.98 Å². The summed E-state index contributed by atoms with van der Waals surface area (Å²) in [5.41, 5.74) is 1.81. The molecule has 112 valence electrons. The minimum atomic E-state index is 0.246. The van der Waals surface area contributed by atoms with Gasteiger partial charge >= 0.3 is 0 Å². The van der Waals surface area contributed by atoms with Crippen molar-refractivity contribution >= 4 is 12.4 Å². The largest absolute Gasteiger partial charge is 0.285 e. The van der Waals surface area contributed by atoms with Crippen LogP contribution in [-0.4, -0.2) is 34.5 Å². The Morgan fingerprint density at radius 1 is 0.773 bits per heavy atom. The zero-order chi connectivity index (χ0) is 15.0. The number of nitrogens with zero attached hydrogens (tertiary/aromatic N) is 4. The van der Waals surface area contributed by atoms with E-state index in [-0.39, 0.29) is 12.1 Å². The molecule has 2 heterocycles. The number of aromatic nitrogens is 2. The van der Waals surface area contributed by atoms with Crippen molar-refractivity contribution in [3.05, 3.63) is 60.2 Å². The van der Waals surface area contributed by atoms with E-state index in [9.17, 15) is 0 Å². The summed E-state index contributed by atoms with van der Waals surface area (Å²) >= 11 is 0. The molecule has 22 heavy (non-hydrogen) atoms. The smallest absolute Gasteiger partial charge is 0.0807 e. The highest BCUT2D eigenvalue weighted by molar-refractivity contribution is 5.77. The second-order valence-corrected chi connectivity index (χ2v) is 5.48. The number of hydrogen-bond donors (Lipinski definition) is 0. The lowest BCUT2D eigenvalue weighted by Crippen LogP contribution is -2.27. The minimum Gasteiger partial charge on any atom is -0.285 e. The maximum Gasteiger partial charge on any atom is 0.0807 e. The van der Waals surface area contributed by atoms with Gasteiger partial charge < -0.3 is 0 Å². The first-order valence-corrected chi connectivity index (χ1v) is 7.80. The van der Waals surface area contributed by atoms with Crippen molar-refractivity contribution < 1.29 is 0 Å². The number of rotatable bonds is 4. The van der Waals surface area contributed by atoms with Crippen molar-refractivity contribution in [3.8, 4) is 0 Å². The van der Waals surface area contributed by atoms with Crippen LogP contribution in [0.3, 0.4) is 0 Å². The first kappa shape index (κ1) is 14.6. The third-order valence-electron chi connectivity index (χ3n) is 3.87. The van der Waals surface area contributed by atoms with E-state index in [2.05, 4.69) is 9.97 Å². The lowest BCUT2D eigenvalue weighted by atomic mass is 9.91. The summed E-state index contributed by atoms with van der Waals surface area (Å²) in [6.07, 6.45) is 12.0. The highest BCUT2D eigenvalue weighted by Crippen LogP contribution is 2.23. The van der Waals surface area contributed by atoms with Crippen LogP contribution >= 0.6 is 0 Å². The lowest BCUT2D eigenvalue weighted by molar-refractivity contribution is 0.390. The molecule has 4 heteroatoms. The van der Waals surface area contributed by atoms with Crippen LogP contribution in [-0.2, 0) is 0 Å². The highest BCUT2D eigenvalue weighted by Gasteiger charge is 2.23. The van der Waals surface area contributed by atoms with E-state index in [1.807, 2.05) is 48.8 Å². The summed E-state index contributed by atoms with van der Waals surface area (Å²) in [7, 11) is 0. The van der Waals surface area contributed by atoms with Gasteiger partial charge in [-0.2, -0.15) is 0 Å². The Morgan fingerprint density at radius 3 is 1.68 bits per heavy atom. The van der Waals surface area contributed by atoms with Gasteiger partial charge in [-0.15, -0.1) is 0 Å². The fraction of sp³-hybridized carbons (Fsp3) is 0.333. The molecule has 1 fully saturated rings. The molecule has 1 saturated carbocycles. The van der Waals surface area contributed by atoms with Crippen LogP contribution in [0.4, 0.5) is 0 Å².